The number of halogens is 3. The molecule has 4 saturated heterocycles. The van der Waals surface area contributed by atoms with E-state index in [1.165, 1.54) is 19.4 Å². The van der Waals surface area contributed by atoms with Gasteiger partial charge in [0, 0.05) is 45.4 Å². The van der Waals surface area contributed by atoms with Crippen molar-refractivity contribution in [1.29, 1.82) is 0 Å². The molecule has 10 heteroatoms. The molecule has 7 nitrogen and oxygen atoms in total. The average Bonchev–Trinajstić information content (AvgIpc) is 3.16. The molecule has 184 valence electrons. The summed E-state index contributed by atoms with van der Waals surface area (Å²) >= 11 is 0. The number of piperidine rings is 1. The number of likely N-dealkylation sites (tertiary alicyclic amines) is 2. The number of carbonyl (C=O) groups is 2. The largest absolute Gasteiger partial charge is 0.490 e. The Morgan fingerprint density at radius 2 is 1.59 bits per heavy atom. The van der Waals surface area contributed by atoms with Crippen LogP contribution < -0.4 is 0 Å². The molecule has 0 saturated carbocycles. The molecule has 0 bridgehead atoms. The quantitative estimate of drug-likeness (QED) is 0.692. The lowest BCUT2D eigenvalue weighted by molar-refractivity contribution is -0.192. The van der Waals surface area contributed by atoms with Gasteiger partial charge in [0.25, 0.3) is 5.91 Å². The first kappa shape index (κ1) is 25.2. The molecule has 4 rings (SSSR count). The Morgan fingerprint density at radius 3 is 2.19 bits per heavy atom. The molecule has 0 aromatic rings. The van der Waals surface area contributed by atoms with Crippen molar-refractivity contribution in [2.75, 3.05) is 39.4 Å². The van der Waals surface area contributed by atoms with Crippen molar-refractivity contribution in [3.05, 3.63) is 0 Å². The van der Waals surface area contributed by atoms with Crippen LogP contribution in [0.1, 0.15) is 51.9 Å². The van der Waals surface area contributed by atoms with Crippen LogP contribution >= 0.6 is 0 Å². The summed E-state index contributed by atoms with van der Waals surface area (Å²) in [4.78, 5) is 26.4. The van der Waals surface area contributed by atoms with Gasteiger partial charge < -0.3 is 19.5 Å². The summed E-state index contributed by atoms with van der Waals surface area (Å²) in [5, 5.41) is 7.12. The van der Waals surface area contributed by atoms with E-state index in [1.54, 1.807) is 0 Å². The van der Waals surface area contributed by atoms with Crippen molar-refractivity contribution in [2.45, 2.75) is 76.3 Å². The van der Waals surface area contributed by atoms with E-state index in [1.807, 2.05) is 0 Å². The first-order chi connectivity index (χ1) is 15.1. The summed E-state index contributed by atoms with van der Waals surface area (Å²) in [5.74, 6) is -0.961. The van der Waals surface area contributed by atoms with E-state index >= 15 is 0 Å². The van der Waals surface area contributed by atoms with Gasteiger partial charge in [-0.2, -0.15) is 13.2 Å². The zero-order chi connectivity index (χ0) is 23.3. The highest BCUT2D eigenvalue weighted by Gasteiger charge is 2.43. The topological polar surface area (TPSA) is 79.3 Å². The van der Waals surface area contributed by atoms with Crippen molar-refractivity contribution < 1.29 is 37.3 Å². The number of hydrogen-bond acceptors (Lipinski definition) is 5. The first-order valence-corrected chi connectivity index (χ1v) is 11.7. The van der Waals surface area contributed by atoms with Gasteiger partial charge in [-0.25, -0.2) is 4.79 Å². The Kier molecular flexibility index (Phi) is 8.80. The van der Waals surface area contributed by atoms with Crippen molar-refractivity contribution in [3.63, 3.8) is 0 Å². The molecule has 4 fully saturated rings. The fourth-order valence-electron chi connectivity index (χ4n) is 5.12. The number of carboxylic acids is 1. The van der Waals surface area contributed by atoms with Crippen LogP contribution in [-0.2, 0) is 19.1 Å². The molecule has 3 atom stereocenters. The molecular weight excluding hydrogens is 429 g/mol. The van der Waals surface area contributed by atoms with Gasteiger partial charge in [-0.3, -0.25) is 9.69 Å². The highest BCUT2D eigenvalue weighted by atomic mass is 19.4. The van der Waals surface area contributed by atoms with E-state index in [9.17, 15) is 18.0 Å². The average molecular weight is 465 g/mol. The van der Waals surface area contributed by atoms with Crippen molar-refractivity contribution in [1.82, 2.24) is 9.80 Å². The third kappa shape index (κ3) is 6.81. The minimum atomic E-state index is -5.08. The van der Waals surface area contributed by atoms with Gasteiger partial charge in [-0.15, -0.1) is 0 Å². The summed E-state index contributed by atoms with van der Waals surface area (Å²) in [7, 11) is 0. The smallest absolute Gasteiger partial charge is 0.475 e. The second kappa shape index (κ2) is 11.2. The fraction of sp³-hybridized carbons (Fsp3) is 0.909. The van der Waals surface area contributed by atoms with E-state index in [2.05, 4.69) is 16.7 Å². The van der Waals surface area contributed by atoms with Crippen LogP contribution in [0.25, 0.3) is 0 Å². The monoisotopic (exact) mass is 464 g/mol. The zero-order valence-corrected chi connectivity index (χ0v) is 18.7. The Hall–Kier alpha value is -1.39. The van der Waals surface area contributed by atoms with E-state index < -0.39 is 12.1 Å². The van der Waals surface area contributed by atoms with Gasteiger partial charge in [-0.1, -0.05) is 6.92 Å². The fourth-order valence-corrected chi connectivity index (χ4v) is 5.12. The molecule has 4 aliphatic rings. The van der Waals surface area contributed by atoms with Crippen molar-refractivity contribution in [2.24, 2.45) is 11.8 Å². The Balaban J connectivity index is 0.000000360. The molecule has 4 aliphatic heterocycles. The molecule has 4 heterocycles. The molecule has 0 aliphatic carbocycles. The lowest BCUT2D eigenvalue weighted by atomic mass is 9.95. The summed E-state index contributed by atoms with van der Waals surface area (Å²) in [6.07, 6.45) is 2.79. The van der Waals surface area contributed by atoms with Gasteiger partial charge in [-0.05, 0) is 56.8 Å². The van der Waals surface area contributed by atoms with Gasteiger partial charge in [0.1, 0.15) is 6.10 Å². The van der Waals surface area contributed by atoms with Gasteiger partial charge in [0.15, 0.2) is 0 Å². The van der Waals surface area contributed by atoms with Crippen LogP contribution in [0, 0.1) is 11.8 Å². The van der Waals surface area contributed by atoms with Crippen LogP contribution in [0.4, 0.5) is 13.2 Å². The van der Waals surface area contributed by atoms with E-state index in [0.29, 0.717) is 6.04 Å². The predicted octanol–water partition coefficient (Wildman–Crippen LogP) is 2.93. The number of alkyl halides is 3. The minimum Gasteiger partial charge on any atom is -0.475 e. The maximum atomic E-state index is 12.8. The van der Waals surface area contributed by atoms with Crippen LogP contribution in [-0.4, -0.2) is 90.6 Å². The molecular formula is C22H35F3N2O5. The Bertz CT molecular complexity index is 634. The Labute approximate surface area is 187 Å². The van der Waals surface area contributed by atoms with Crippen molar-refractivity contribution in [3.8, 4) is 0 Å². The number of hydrogen-bond donors (Lipinski definition) is 1. The molecule has 1 amide bonds. The second-order valence-electron chi connectivity index (χ2n) is 9.46. The minimum absolute atomic E-state index is 0.183. The highest BCUT2D eigenvalue weighted by Crippen LogP contribution is 2.34. The SMILES string of the molecule is CC1CCN(C(=O)[C@H]2CC[C@@H]3[C@@H](CCN3CC3CCOCC3)O2)CC1.O=C(O)C(F)(F)F. The lowest BCUT2D eigenvalue weighted by Crippen LogP contribution is -2.51. The van der Waals surface area contributed by atoms with Crippen LogP contribution in [0.15, 0.2) is 0 Å². The number of fused-ring (bicyclic) bond motifs is 1. The third-order valence-electron chi connectivity index (χ3n) is 7.11. The zero-order valence-electron chi connectivity index (χ0n) is 18.7. The number of amides is 1. The van der Waals surface area contributed by atoms with E-state index in [-0.39, 0.29) is 18.1 Å². The van der Waals surface area contributed by atoms with Crippen LogP contribution in [0.3, 0.4) is 0 Å². The summed E-state index contributed by atoms with van der Waals surface area (Å²) in [5.41, 5.74) is 0. The number of nitrogens with zero attached hydrogens (tertiary/aromatic N) is 2. The van der Waals surface area contributed by atoms with Crippen LogP contribution in [0.5, 0.6) is 0 Å². The summed E-state index contributed by atoms with van der Waals surface area (Å²) in [6.45, 7) is 8.30. The van der Waals surface area contributed by atoms with E-state index in [4.69, 9.17) is 19.4 Å². The van der Waals surface area contributed by atoms with Crippen molar-refractivity contribution >= 4 is 11.9 Å². The van der Waals surface area contributed by atoms with Crippen LogP contribution in [0.2, 0.25) is 0 Å². The third-order valence-corrected chi connectivity index (χ3v) is 7.11. The van der Waals surface area contributed by atoms with Gasteiger partial charge in [0.2, 0.25) is 0 Å². The molecule has 0 aromatic heterocycles. The summed E-state index contributed by atoms with van der Waals surface area (Å²) < 4.78 is 43.5. The maximum absolute atomic E-state index is 12.8. The van der Waals surface area contributed by atoms with Gasteiger partial charge in [0.05, 0.1) is 6.10 Å². The number of carboxylic acid groups (broad SMARTS) is 1. The molecule has 0 spiro atoms. The Morgan fingerprint density at radius 1 is 0.969 bits per heavy atom. The standard InChI is InChI=1S/C20H34N2O3.C2HF3O2/c1-15-4-9-21(10-5-15)20(23)19-3-2-17-18(25-19)6-11-22(17)14-16-7-12-24-13-8-16;3-2(4,5)1(6)7/h15-19H,2-14H2,1H3;(H,6,7)/t17-,18-,19-;/m1./s1. The van der Waals surface area contributed by atoms with Gasteiger partial charge >= 0.3 is 12.1 Å². The molecule has 0 aromatic carbocycles. The summed E-state index contributed by atoms with van der Waals surface area (Å²) in [6, 6.07) is 0.535. The maximum Gasteiger partial charge on any atom is 0.490 e. The number of carbonyl (C=O) groups excluding carboxylic acids is 1. The molecule has 0 radical (unpaired) electrons. The number of rotatable bonds is 3. The van der Waals surface area contributed by atoms with E-state index in [0.717, 1.165) is 76.8 Å². The normalized spacial score (nSPS) is 30.4. The first-order valence-electron chi connectivity index (χ1n) is 11.7. The molecule has 32 heavy (non-hydrogen) atoms. The molecule has 1 N–H and O–H groups in total. The number of aliphatic carboxylic acids is 1. The second-order valence-corrected chi connectivity index (χ2v) is 9.46. The predicted molar refractivity (Wildman–Crippen MR) is 110 cm³/mol. The highest BCUT2D eigenvalue weighted by molar-refractivity contribution is 5.81. The lowest BCUT2D eigenvalue weighted by Gasteiger charge is -2.39. The molecule has 0 unspecified atom stereocenters. The number of ether oxygens (including phenoxy) is 2.